The van der Waals surface area contributed by atoms with E-state index >= 15 is 0 Å². The van der Waals surface area contributed by atoms with Crippen LogP contribution in [0, 0.1) is 0 Å². The third-order valence-corrected chi connectivity index (χ3v) is 1.37. The Morgan fingerprint density at radius 2 is 2.25 bits per heavy atom. The lowest BCUT2D eigenvalue weighted by Crippen LogP contribution is -2.19. The van der Waals surface area contributed by atoms with Crippen LogP contribution in [0.15, 0.2) is 24.3 Å². The average molecular weight is 169 g/mol. The molecule has 0 aliphatic rings. The standard InChI is InChI=1S/C10H19NO/c1-10(2)6-4-5-7-11-8-9-12-3/h4,6,11H,1,5,7-9H2,2-3H3. The van der Waals surface area contributed by atoms with Gasteiger partial charge < -0.3 is 10.1 Å². The zero-order chi connectivity index (χ0) is 9.23. The van der Waals surface area contributed by atoms with Crippen molar-refractivity contribution in [2.24, 2.45) is 0 Å². The van der Waals surface area contributed by atoms with Crippen LogP contribution < -0.4 is 5.32 Å². The van der Waals surface area contributed by atoms with E-state index < -0.39 is 0 Å². The molecule has 0 aromatic rings. The average Bonchev–Trinajstić information content (AvgIpc) is 2.02. The number of allylic oxidation sites excluding steroid dienone is 2. The Hall–Kier alpha value is -0.600. The molecule has 0 saturated heterocycles. The predicted octanol–water partition coefficient (Wildman–Crippen LogP) is 1.74. The summed E-state index contributed by atoms with van der Waals surface area (Å²) in [7, 11) is 1.71. The molecule has 0 amide bonds. The fourth-order valence-corrected chi connectivity index (χ4v) is 0.769. The molecule has 2 nitrogen and oxygen atoms in total. The Kier molecular flexibility index (Phi) is 8.07. The molecule has 0 aromatic carbocycles. The summed E-state index contributed by atoms with van der Waals surface area (Å²) < 4.78 is 4.89. The van der Waals surface area contributed by atoms with E-state index in [9.17, 15) is 0 Å². The number of nitrogens with one attached hydrogen (secondary N) is 1. The molecule has 0 fully saturated rings. The molecule has 0 radical (unpaired) electrons. The van der Waals surface area contributed by atoms with Gasteiger partial charge in [-0.2, -0.15) is 0 Å². The maximum Gasteiger partial charge on any atom is 0.0587 e. The normalized spacial score (nSPS) is 10.8. The van der Waals surface area contributed by atoms with Crippen molar-refractivity contribution in [1.29, 1.82) is 0 Å². The van der Waals surface area contributed by atoms with Gasteiger partial charge in [0.25, 0.3) is 0 Å². The van der Waals surface area contributed by atoms with Crippen molar-refractivity contribution in [2.75, 3.05) is 26.8 Å². The SMILES string of the molecule is C=C(C)C=CCCNCCOC. The molecule has 0 saturated carbocycles. The molecule has 1 N–H and O–H groups in total. The van der Waals surface area contributed by atoms with E-state index in [0.29, 0.717) is 0 Å². The fourth-order valence-electron chi connectivity index (χ4n) is 0.769. The maximum atomic E-state index is 4.89. The Labute approximate surface area is 75.3 Å². The maximum absolute atomic E-state index is 4.89. The molecule has 12 heavy (non-hydrogen) atoms. The van der Waals surface area contributed by atoms with Gasteiger partial charge in [0.2, 0.25) is 0 Å². The van der Waals surface area contributed by atoms with Gasteiger partial charge in [0, 0.05) is 13.7 Å². The summed E-state index contributed by atoms with van der Waals surface area (Å²) in [6.07, 6.45) is 5.22. The second kappa shape index (κ2) is 8.50. The van der Waals surface area contributed by atoms with E-state index in [-0.39, 0.29) is 0 Å². The molecule has 0 aliphatic carbocycles. The summed E-state index contributed by atoms with van der Waals surface area (Å²) in [5, 5.41) is 3.25. The molecule has 0 aromatic heterocycles. The molecule has 0 atom stereocenters. The summed E-state index contributed by atoms with van der Waals surface area (Å²) >= 11 is 0. The Morgan fingerprint density at radius 3 is 2.83 bits per heavy atom. The van der Waals surface area contributed by atoms with E-state index in [1.165, 1.54) is 0 Å². The molecular weight excluding hydrogens is 150 g/mol. The Balaban J connectivity index is 3.05. The van der Waals surface area contributed by atoms with Crippen molar-refractivity contribution >= 4 is 0 Å². The van der Waals surface area contributed by atoms with Crippen LogP contribution in [0.3, 0.4) is 0 Å². The van der Waals surface area contributed by atoms with Gasteiger partial charge >= 0.3 is 0 Å². The lowest BCUT2D eigenvalue weighted by atomic mass is 10.3. The number of ether oxygens (including phenoxy) is 1. The van der Waals surface area contributed by atoms with Crippen molar-refractivity contribution in [2.45, 2.75) is 13.3 Å². The number of methoxy groups -OCH3 is 1. The van der Waals surface area contributed by atoms with Crippen LogP contribution >= 0.6 is 0 Å². The third-order valence-electron chi connectivity index (χ3n) is 1.37. The molecular formula is C10H19NO. The Bertz CT molecular complexity index is 141. The van der Waals surface area contributed by atoms with Crippen molar-refractivity contribution in [3.05, 3.63) is 24.3 Å². The van der Waals surface area contributed by atoms with Crippen molar-refractivity contribution in [1.82, 2.24) is 5.32 Å². The summed E-state index contributed by atoms with van der Waals surface area (Å²) in [4.78, 5) is 0. The minimum absolute atomic E-state index is 0.782. The molecule has 0 spiro atoms. The third kappa shape index (κ3) is 9.40. The number of hydrogen-bond donors (Lipinski definition) is 1. The van der Waals surface area contributed by atoms with Crippen LogP contribution in [0.5, 0.6) is 0 Å². The van der Waals surface area contributed by atoms with Gasteiger partial charge in [-0.15, -0.1) is 0 Å². The molecule has 0 rings (SSSR count). The van der Waals surface area contributed by atoms with Crippen molar-refractivity contribution < 1.29 is 4.74 Å². The minimum Gasteiger partial charge on any atom is -0.383 e. The second-order valence-electron chi connectivity index (χ2n) is 2.78. The van der Waals surface area contributed by atoms with Gasteiger partial charge in [0.1, 0.15) is 0 Å². The van der Waals surface area contributed by atoms with E-state index in [2.05, 4.69) is 18.0 Å². The van der Waals surface area contributed by atoms with Crippen LogP contribution in [0.25, 0.3) is 0 Å². The summed E-state index contributed by atoms with van der Waals surface area (Å²) in [6, 6.07) is 0. The van der Waals surface area contributed by atoms with Crippen LogP contribution in [0.4, 0.5) is 0 Å². The molecule has 0 aliphatic heterocycles. The Morgan fingerprint density at radius 1 is 1.50 bits per heavy atom. The summed E-state index contributed by atoms with van der Waals surface area (Å²) in [5.41, 5.74) is 1.10. The van der Waals surface area contributed by atoms with Gasteiger partial charge in [0.05, 0.1) is 6.61 Å². The molecule has 0 unspecified atom stereocenters. The minimum atomic E-state index is 0.782. The number of hydrogen-bond acceptors (Lipinski definition) is 2. The van der Waals surface area contributed by atoms with E-state index in [4.69, 9.17) is 4.74 Å². The monoisotopic (exact) mass is 169 g/mol. The first-order chi connectivity index (χ1) is 5.77. The van der Waals surface area contributed by atoms with Crippen LogP contribution in [-0.2, 0) is 4.74 Å². The summed E-state index contributed by atoms with van der Waals surface area (Å²) in [5.74, 6) is 0. The quantitative estimate of drug-likeness (QED) is 0.463. The molecule has 70 valence electrons. The largest absolute Gasteiger partial charge is 0.383 e. The van der Waals surface area contributed by atoms with E-state index in [1.54, 1.807) is 7.11 Å². The van der Waals surface area contributed by atoms with Crippen molar-refractivity contribution in [3.63, 3.8) is 0 Å². The van der Waals surface area contributed by atoms with Gasteiger partial charge in [-0.1, -0.05) is 24.3 Å². The smallest absolute Gasteiger partial charge is 0.0587 e. The zero-order valence-corrected chi connectivity index (χ0v) is 8.10. The lowest BCUT2D eigenvalue weighted by Gasteiger charge is -2.00. The van der Waals surface area contributed by atoms with Gasteiger partial charge in [-0.05, 0) is 19.9 Å². The van der Waals surface area contributed by atoms with Crippen LogP contribution in [0.2, 0.25) is 0 Å². The van der Waals surface area contributed by atoms with Crippen LogP contribution in [-0.4, -0.2) is 26.8 Å². The van der Waals surface area contributed by atoms with E-state index in [1.807, 2.05) is 13.0 Å². The number of rotatable bonds is 7. The highest BCUT2D eigenvalue weighted by molar-refractivity contribution is 5.10. The first kappa shape index (κ1) is 11.4. The first-order valence-corrected chi connectivity index (χ1v) is 4.29. The molecule has 0 heterocycles. The highest BCUT2D eigenvalue weighted by Crippen LogP contribution is 1.90. The predicted molar refractivity (Wildman–Crippen MR) is 53.3 cm³/mol. The van der Waals surface area contributed by atoms with Crippen LogP contribution in [0.1, 0.15) is 13.3 Å². The zero-order valence-electron chi connectivity index (χ0n) is 8.10. The highest BCUT2D eigenvalue weighted by atomic mass is 16.5. The molecule has 2 heteroatoms. The fraction of sp³-hybridized carbons (Fsp3) is 0.600. The van der Waals surface area contributed by atoms with Crippen molar-refractivity contribution in [3.8, 4) is 0 Å². The second-order valence-corrected chi connectivity index (χ2v) is 2.78. The van der Waals surface area contributed by atoms with Gasteiger partial charge in [-0.25, -0.2) is 0 Å². The van der Waals surface area contributed by atoms with E-state index in [0.717, 1.165) is 31.7 Å². The summed E-state index contributed by atoms with van der Waals surface area (Å²) in [6.45, 7) is 8.49. The topological polar surface area (TPSA) is 21.3 Å². The van der Waals surface area contributed by atoms with Gasteiger partial charge in [0.15, 0.2) is 0 Å². The first-order valence-electron chi connectivity index (χ1n) is 4.29. The lowest BCUT2D eigenvalue weighted by molar-refractivity contribution is 0.199. The highest BCUT2D eigenvalue weighted by Gasteiger charge is 1.83. The van der Waals surface area contributed by atoms with Gasteiger partial charge in [-0.3, -0.25) is 0 Å². The molecule has 0 bridgehead atoms.